The van der Waals surface area contributed by atoms with Crippen molar-refractivity contribution < 1.29 is 17.9 Å². The maximum Gasteiger partial charge on any atom is 0.260 e. The van der Waals surface area contributed by atoms with Gasteiger partial charge in [-0.15, -0.1) is 0 Å². The van der Waals surface area contributed by atoms with Crippen LogP contribution < -0.4 is 9.64 Å². The zero-order chi connectivity index (χ0) is 25.0. The highest BCUT2D eigenvalue weighted by molar-refractivity contribution is 7.89. The summed E-state index contributed by atoms with van der Waals surface area (Å²) in [7, 11) is 2.05. The van der Waals surface area contributed by atoms with Gasteiger partial charge in [-0.1, -0.05) is 23.8 Å². The normalized spacial score (nSPS) is 15.0. The molecule has 1 saturated heterocycles. The number of methoxy groups -OCH3 is 1. The molecule has 0 N–H and O–H groups in total. The number of anilines is 1. The van der Waals surface area contributed by atoms with E-state index in [1.807, 2.05) is 32.3 Å². The summed E-state index contributed by atoms with van der Waals surface area (Å²) in [5.74, 6) is 0.460. The lowest BCUT2D eigenvalue weighted by Gasteiger charge is -2.26. The first-order valence-corrected chi connectivity index (χ1v) is 14.1. The predicted molar refractivity (Wildman–Crippen MR) is 140 cm³/mol. The van der Waals surface area contributed by atoms with E-state index in [-0.39, 0.29) is 10.8 Å². The van der Waals surface area contributed by atoms with Gasteiger partial charge in [0.2, 0.25) is 10.0 Å². The lowest BCUT2D eigenvalue weighted by molar-refractivity contribution is 0.0986. The van der Waals surface area contributed by atoms with Crippen LogP contribution in [-0.4, -0.2) is 75.9 Å². The van der Waals surface area contributed by atoms with E-state index < -0.39 is 10.0 Å². The Bertz CT molecular complexity index is 1270. The average Bonchev–Trinajstić information content (AvgIpc) is 3.31. The van der Waals surface area contributed by atoms with Crippen molar-refractivity contribution in [2.75, 3.05) is 52.3 Å². The van der Waals surface area contributed by atoms with E-state index in [9.17, 15) is 13.2 Å². The molecule has 188 valence electrons. The lowest BCUT2D eigenvalue weighted by Crippen LogP contribution is -2.35. The molecule has 0 unspecified atom stereocenters. The van der Waals surface area contributed by atoms with E-state index in [1.165, 1.54) is 27.8 Å². The van der Waals surface area contributed by atoms with E-state index in [0.29, 0.717) is 36.1 Å². The number of hydrogen-bond donors (Lipinski definition) is 0. The summed E-state index contributed by atoms with van der Waals surface area (Å²) in [4.78, 5) is 22.3. The highest BCUT2D eigenvalue weighted by Crippen LogP contribution is 2.35. The van der Waals surface area contributed by atoms with Gasteiger partial charge in [0.1, 0.15) is 11.3 Å². The highest BCUT2D eigenvalue weighted by Gasteiger charge is 2.27. The van der Waals surface area contributed by atoms with Crippen molar-refractivity contribution in [1.82, 2.24) is 14.2 Å². The molecule has 0 radical (unpaired) electrons. The lowest BCUT2D eigenvalue weighted by atomic mass is 10.2. The smallest absolute Gasteiger partial charge is 0.260 e. The molecule has 0 bridgehead atoms. The molecule has 0 aliphatic carbocycles. The van der Waals surface area contributed by atoms with Gasteiger partial charge in [0.05, 0.1) is 16.7 Å². The molecular formula is C25H32N4O4S2. The molecule has 10 heteroatoms. The van der Waals surface area contributed by atoms with E-state index in [1.54, 1.807) is 24.1 Å². The summed E-state index contributed by atoms with van der Waals surface area (Å²) < 4.78 is 33.9. The second-order valence-electron chi connectivity index (χ2n) is 8.91. The van der Waals surface area contributed by atoms with Gasteiger partial charge in [-0.05, 0) is 76.3 Å². The second kappa shape index (κ2) is 11.0. The van der Waals surface area contributed by atoms with Gasteiger partial charge in [-0.3, -0.25) is 9.69 Å². The number of para-hydroxylation sites is 1. The summed E-state index contributed by atoms with van der Waals surface area (Å²) in [5, 5.41) is 0.596. The fourth-order valence-corrected chi connectivity index (χ4v) is 6.73. The minimum Gasteiger partial charge on any atom is -0.494 e. The molecule has 1 fully saturated rings. The third kappa shape index (κ3) is 5.66. The Hall–Kier alpha value is -2.53. The van der Waals surface area contributed by atoms with Gasteiger partial charge in [0, 0.05) is 25.2 Å². The number of aromatic nitrogens is 1. The number of nitrogens with zero attached hydrogens (tertiary/aromatic N) is 4. The number of benzene rings is 2. The fraction of sp³-hybridized carbons (Fsp3) is 0.440. The fourth-order valence-electron chi connectivity index (χ4n) is 4.20. The molecule has 3 aromatic rings. The number of thiazole rings is 1. The minimum absolute atomic E-state index is 0.205. The number of carbonyl (C=O) groups is 1. The van der Waals surface area contributed by atoms with Gasteiger partial charge in [0.15, 0.2) is 5.13 Å². The monoisotopic (exact) mass is 516 g/mol. The predicted octanol–water partition coefficient (Wildman–Crippen LogP) is 4.08. The SMILES string of the molecule is COc1cccc2sc(N(CCCN(C)C)C(=O)c3ccc(S(=O)(=O)N4CCCCC4)cc3)nc12. The third-order valence-corrected chi connectivity index (χ3v) is 9.06. The number of sulfonamides is 1. The largest absolute Gasteiger partial charge is 0.494 e. The van der Waals surface area contributed by atoms with Gasteiger partial charge >= 0.3 is 0 Å². The van der Waals surface area contributed by atoms with Crippen molar-refractivity contribution in [1.29, 1.82) is 0 Å². The van der Waals surface area contributed by atoms with Crippen molar-refractivity contribution in [3.63, 3.8) is 0 Å². The van der Waals surface area contributed by atoms with E-state index in [4.69, 9.17) is 9.72 Å². The number of amides is 1. The summed E-state index contributed by atoms with van der Waals surface area (Å²) in [5.41, 5.74) is 1.15. The van der Waals surface area contributed by atoms with Crippen LogP contribution in [-0.2, 0) is 10.0 Å². The van der Waals surface area contributed by atoms with Crippen molar-refractivity contribution >= 4 is 42.6 Å². The van der Waals surface area contributed by atoms with Gasteiger partial charge in [-0.2, -0.15) is 4.31 Å². The molecule has 8 nitrogen and oxygen atoms in total. The Kier molecular flexibility index (Phi) is 8.05. The van der Waals surface area contributed by atoms with Crippen molar-refractivity contribution in [3.8, 4) is 5.75 Å². The number of fused-ring (bicyclic) bond motifs is 1. The first-order chi connectivity index (χ1) is 16.8. The number of piperidine rings is 1. The summed E-state index contributed by atoms with van der Waals surface area (Å²) in [6.45, 7) is 2.41. The topological polar surface area (TPSA) is 83.0 Å². The molecule has 35 heavy (non-hydrogen) atoms. The van der Waals surface area contributed by atoms with Crippen LogP contribution in [0.25, 0.3) is 10.2 Å². The van der Waals surface area contributed by atoms with Crippen molar-refractivity contribution in [2.24, 2.45) is 0 Å². The molecule has 1 amide bonds. The Morgan fingerprint density at radius 3 is 2.43 bits per heavy atom. The van der Waals surface area contributed by atoms with E-state index in [2.05, 4.69) is 4.90 Å². The number of carbonyl (C=O) groups excluding carboxylic acids is 1. The highest BCUT2D eigenvalue weighted by atomic mass is 32.2. The first-order valence-electron chi connectivity index (χ1n) is 11.8. The second-order valence-corrected chi connectivity index (χ2v) is 11.9. The standard InChI is InChI=1S/C25H32N4O4S2/c1-27(2)15-8-18-29(25-26-23-21(33-3)9-7-10-22(23)34-25)24(30)19-11-13-20(14-12-19)35(31,32)28-16-5-4-6-17-28/h7,9-14H,4-6,8,15-18H2,1-3H3. The average molecular weight is 517 g/mol. The summed E-state index contributed by atoms with van der Waals surface area (Å²) in [6.07, 6.45) is 3.59. The van der Waals surface area contributed by atoms with Crippen LogP contribution in [0.1, 0.15) is 36.0 Å². The zero-order valence-corrected chi connectivity index (χ0v) is 22.1. The van der Waals surface area contributed by atoms with E-state index in [0.717, 1.165) is 42.4 Å². The molecule has 4 rings (SSSR count). The third-order valence-electron chi connectivity index (χ3n) is 6.11. The van der Waals surface area contributed by atoms with Gasteiger partial charge in [0.25, 0.3) is 5.91 Å². The van der Waals surface area contributed by atoms with Crippen LogP contribution in [0.3, 0.4) is 0 Å². The van der Waals surface area contributed by atoms with Crippen molar-refractivity contribution in [2.45, 2.75) is 30.6 Å². The van der Waals surface area contributed by atoms with Gasteiger partial charge < -0.3 is 9.64 Å². The molecule has 1 aromatic heterocycles. The molecular weight excluding hydrogens is 484 g/mol. The van der Waals surface area contributed by atoms with Crippen LogP contribution in [0.4, 0.5) is 5.13 Å². The van der Waals surface area contributed by atoms with Crippen LogP contribution in [0.5, 0.6) is 5.75 Å². The molecule has 1 aliphatic rings. The molecule has 0 spiro atoms. The summed E-state index contributed by atoms with van der Waals surface area (Å²) in [6, 6.07) is 12.0. The van der Waals surface area contributed by atoms with Crippen LogP contribution in [0, 0.1) is 0 Å². The summed E-state index contributed by atoms with van der Waals surface area (Å²) >= 11 is 1.44. The molecule has 0 atom stereocenters. The van der Waals surface area contributed by atoms with E-state index >= 15 is 0 Å². The number of hydrogen-bond acceptors (Lipinski definition) is 7. The van der Waals surface area contributed by atoms with Gasteiger partial charge in [-0.25, -0.2) is 13.4 Å². The number of rotatable bonds is 9. The Labute approximate surface area is 211 Å². The zero-order valence-electron chi connectivity index (χ0n) is 20.4. The van der Waals surface area contributed by atoms with Crippen LogP contribution >= 0.6 is 11.3 Å². The Morgan fingerprint density at radius 1 is 1.06 bits per heavy atom. The maximum absolute atomic E-state index is 13.6. The van der Waals surface area contributed by atoms with Crippen LogP contribution in [0.15, 0.2) is 47.4 Å². The van der Waals surface area contributed by atoms with Crippen molar-refractivity contribution in [3.05, 3.63) is 48.0 Å². The molecule has 2 aromatic carbocycles. The Morgan fingerprint density at radius 2 is 1.77 bits per heavy atom. The minimum atomic E-state index is -3.55. The number of ether oxygens (including phenoxy) is 1. The molecule has 1 aliphatic heterocycles. The quantitative estimate of drug-likeness (QED) is 0.426. The molecule has 2 heterocycles. The molecule has 0 saturated carbocycles. The van der Waals surface area contributed by atoms with Crippen LogP contribution in [0.2, 0.25) is 0 Å². The Balaban J connectivity index is 1.62. The maximum atomic E-state index is 13.6. The first kappa shape index (κ1) is 25.6.